The van der Waals surface area contributed by atoms with Gasteiger partial charge in [-0.05, 0) is 55.3 Å². The highest BCUT2D eigenvalue weighted by Gasteiger charge is 2.04. The maximum absolute atomic E-state index is 11.9. The van der Waals surface area contributed by atoms with Crippen molar-refractivity contribution in [3.8, 4) is 11.8 Å². The van der Waals surface area contributed by atoms with E-state index in [4.69, 9.17) is 21.6 Å². The molecule has 0 bridgehead atoms. The average Bonchev–Trinajstić information content (AvgIpc) is 2.53. The Morgan fingerprint density at radius 3 is 2.87 bits per heavy atom. The van der Waals surface area contributed by atoms with Gasteiger partial charge in [0.05, 0.1) is 18.2 Å². The van der Waals surface area contributed by atoms with Gasteiger partial charge in [0.15, 0.2) is 0 Å². The predicted molar refractivity (Wildman–Crippen MR) is 90.7 cm³/mol. The molecular weight excluding hydrogens is 312 g/mol. The first-order valence-corrected chi connectivity index (χ1v) is 7.65. The van der Waals surface area contributed by atoms with Gasteiger partial charge in [-0.1, -0.05) is 17.7 Å². The largest absolute Gasteiger partial charge is 0.493 e. The number of anilines is 1. The number of nitrogens with zero attached hydrogens (tertiary/aromatic N) is 1. The van der Waals surface area contributed by atoms with Crippen molar-refractivity contribution < 1.29 is 9.53 Å². The van der Waals surface area contributed by atoms with Gasteiger partial charge in [0.2, 0.25) is 5.91 Å². The van der Waals surface area contributed by atoms with Crippen LogP contribution in [0.15, 0.2) is 42.5 Å². The van der Waals surface area contributed by atoms with E-state index in [1.54, 1.807) is 30.3 Å². The third-order valence-corrected chi connectivity index (χ3v) is 3.45. The van der Waals surface area contributed by atoms with Crippen LogP contribution in [0, 0.1) is 18.3 Å². The second-order valence-corrected chi connectivity index (χ2v) is 5.54. The summed E-state index contributed by atoms with van der Waals surface area (Å²) in [5.74, 6) is 0.674. The molecule has 0 radical (unpaired) electrons. The maximum atomic E-state index is 11.9. The zero-order valence-corrected chi connectivity index (χ0v) is 13.6. The molecule has 1 amide bonds. The van der Waals surface area contributed by atoms with Gasteiger partial charge in [-0.3, -0.25) is 4.79 Å². The maximum Gasteiger partial charge on any atom is 0.224 e. The van der Waals surface area contributed by atoms with Crippen molar-refractivity contribution in [2.24, 2.45) is 0 Å². The van der Waals surface area contributed by atoms with E-state index in [9.17, 15) is 4.79 Å². The summed E-state index contributed by atoms with van der Waals surface area (Å²) in [6, 6.07) is 14.3. The Bertz CT molecular complexity index is 738. The summed E-state index contributed by atoms with van der Waals surface area (Å²) in [4.78, 5) is 11.9. The van der Waals surface area contributed by atoms with Crippen LogP contribution < -0.4 is 10.1 Å². The molecule has 5 heteroatoms. The number of nitriles is 1. The Morgan fingerprint density at radius 2 is 2.13 bits per heavy atom. The van der Waals surface area contributed by atoms with Crippen LogP contribution in [0.3, 0.4) is 0 Å². The van der Waals surface area contributed by atoms with Crippen LogP contribution in [0.1, 0.15) is 24.0 Å². The lowest BCUT2D eigenvalue weighted by Gasteiger charge is -2.09. The molecule has 0 aliphatic rings. The first-order valence-electron chi connectivity index (χ1n) is 7.27. The van der Waals surface area contributed by atoms with Gasteiger partial charge in [0.25, 0.3) is 0 Å². The minimum atomic E-state index is -0.100. The lowest BCUT2D eigenvalue weighted by molar-refractivity contribution is -0.116. The highest BCUT2D eigenvalue weighted by Crippen LogP contribution is 2.22. The van der Waals surface area contributed by atoms with Gasteiger partial charge in [0.1, 0.15) is 5.75 Å². The molecule has 0 saturated carbocycles. The summed E-state index contributed by atoms with van der Waals surface area (Å²) >= 11 is 5.89. The Morgan fingerprint density at radius 1 is 1.30 bits per heavy atom. The number of hydrogen-bond acceptors (Lipinski definition) is 3. The number of benzene rings is 2. The number of nitrogens with one attached hydrogen (secondary N) is 1. The fraction of sp³-hybridized carbons (Fsp3) is 0.222. The number of carbonyl (C=O) groups excluding carboxylic acids is 1. The molecule has 2 rings (SSSR count). The number of rotatable bonds is 6. The third-order valence-electron chi connectivity index (χ3n) is 3.22. The molecule has 0 saturated heterocycles. The molecular formula is C18H17ClN2O2. The van der Waals surface area contributed by atoms with Crippen molar-refractivity contribution in [1.29, 1.82) is 5.26 Å². The van der Waals surface area contributed by atoms with Crippen molar-refractivity contribution in [3.05, 3.63) is 58.6 Å². The standard InChI is InChI=1S/C18H17ClN2O2/c1-13-10-15(19)7-8-17(13)23-9-3-6-18(22)21-16-5-2-4-14(11-16)12-20/h2,4-5,7-8,10-11H,3,6,9H2,1H3,(H,21,22). The summed E-state index contributed by atoms with van der Waals surface area (Å²) in [5, 5.41) is 12.3. The van der Waals surface area contributed by atoms with E-state index in [2.05, 4.69) is 5.32 Å². The number of carbonyl (C=O) groups is 1. The molecule has 0 aromatic heterocycles. The van der Waals surface area contributed by atoms with Crippen LogP contribution in [0.25, 0.3) is 0 Å². The van der Waals surface area contributed by atoms with Gasteiger partial charge in [0, 0.05) is 17.1 Å². The normalized spacial score (nSPS) is 9.96. The highest BCUT2D eigenvalue weighted by atomic mass is 35.5. The molecule has 0 aliphatic heterocycles. The Hall–Kier alpha value is -2.51. The molecule has 23 heavy (non-hydrogen) atoms. The molecule has 0 fully saturated rings. The molecule has 4 nitrogen and oxygen atoms in total. The highest BCUT2D eigenvalue weighted by molar-refractivity contribution is 6.30. The molecule has 2 aromatic rings. The van der Waals surface area contributed by atoms with E-state index in [0.717, 1.165) is 11.3 Å². The molecule has 0 heterocycles. The predicted octanol–water partition coefficient (Wildman–Crippen LogP) is 4.32. The van der Waals surface area contributed by atoms with Gasteiger partial charge in [-0.2, -0.15) is 5.26 Å². The molecule has 2 aromatic carbocycles. The molecule has 1 N–H and O–H groups in total. The molecule has 0 spiro atoms. The summed E-state index contributed by atoms with van der Waals surface area (Å²) < 4.78 is 5.65. The molecule has 0 unspecified atom stereocenters. The van der Waals surface area contributed by atoms with Gasteiger partial charge in [-0.15, -0.1) is 0 Å². The Labute approximate surface area is 140 Å². The van der Waals surface area contributed by atoms with Gasteiger partial charge < -0.3 is 10.1 Å². The minimum Gasteiger partial charge on any atom is -0.493 e. The van der Waals surface area contributed by atoms with E-state index in [1.807, 2.05) is 25.1 Å². The van der Waals surface area contributed by atoms with Gasteiger partial charge >= 0.3 is 0 Å². The smallest absolute Gasteiger partial charge is 0.224 e. The first-order chi connectivity index (χ1) is 11.1. The van der Waals surface area contributed by atoms with E-state index >= 15 is 0 Å². The lowest BCUT2D eigenvalue weighted by Crippen LogP contribution is -2.13. The zero-order chi connectivity index (χ0) is 16.7. The second kappa shape index (κ2) is 8.21. The fourth-order valence-corrected chi connectivity index (χ4v) is 2.31. The van der Waals surface area contributed by atoms with Crippen LogP contribution in [0.4, 0.5) is 5.69 Å². The summed E-state index contributed by atoms with van der Waals surface area (Å²) in [7, 11) is 0. The SMILES string of the molecule is Cc1cc(Cl)ccc1OCCCC(=O)Nc1cccc(C#N)c1. The number of amides is 1. The van der Waals surface area contributed by atoms with E-state index in [0.29, 0.717) is 35.7 Å². The van der Waals surface area contributed by atoms with Crippen molar-refractivity contribution >= 4 is 23.2 Å². The van der Waals surface area contributed by atoms with Crippen LogP contribution in [-0.2, 0) is 4.79 Å². The third kappa shape index (κ3) is 5.32. The van der Waals surface area contributed by atoms with Crippen LogP contribution >= 0.6 is 11.6 Å². The fourth-order valence-electron chi connectivity index (χ4n) is 2.08. The van der Waals surface area contributed by atoms with Crippen molar-refractivity contribution in [3.63, 3.8) is 0 Å². The Balaban J connectivity index is 1.75. The van der Waals surface area contributed by atoms with Crippen molar-refractivity contribution in [1.82, 2.24) is 0 Å². The number of halogens is 1. The lowest BCUT2D eigenvalue weighted by atomic mass is 10.2. The average molecular weight is 329 g/mol. The first kappa shape index (κ1) is 16.9. The Kier molecular flexibility index (Phi) is 6.02. The number of hydrogen-bond donors (Lipinski definition) is 1. The molecule has 0 aliphatic carbocycles. The number of ether oxygens (including phenoxy) is 1. The quantitative estimate of drug-likeness (QED) is 0.803. The van der Waals surface area contributed by atoms with Crippen LogP contribution in [0.5, 0.6) is 5.75 Å². The van der Waals surface area contributed by atoms with E-state index in [-0.39, 0.29) is 5.91 Å². The van der Waals surface area contributed by atoms with Crippen molar-refractivity contribution in [2.75, 3.05) is 11.9 Å². The molecule has 118 valence electrons. The summed E-state index contributed by atoms with van der Waals surface area (Å²) in [6.45, 7) is 2.38. The second-order valence-electron chi connectivity index (χ2n) is 5.10. The van der Waals surface area contributed by atoms with Crippen molar-refractivity contribution in [2.45, 2.75) is 19.8 Å². The van der Waals surface area contributed by atoms with Gasteiger partial charge in [-0.25, -0.2) is 0 Å². The molecule has 0 atom stereocenters. The number of aryl methyl sites for hydroxylation is 1. The van der Waals surface area contributed by atoms with Crippen LogP contribution in [0.2, 0.25) is 5.02 Å². The summed E-state index contributed by atoms with van der Waals surface area (Å²) in [5.41, 5.74) is 2.11. The van der Waals surface area contributed by atoms with E-state index in [1.165, 1.54) is 0 Å². The van der Waals surface area contributed by atoms with Crippen LogP contribution in [-0.4, -0.2) is 12.5 Å². The zero-order valence-electron chi connectivity index (χ0n) is 12.8. The van der Waals surface area contributed by atoms with E-state index < -0.39 is 0 Å². The monoisotopic (exact) mass is 328 g/mol. The topological polar surface area (TPSA) is 62.1 Å². The summed E-state index contributed by atoms with van der Waals surface area (Å²) in [6.07, 6.45) is 0.954. The minimum absolute atomic E-state index is 0.100.